The summed E-state index contributed by atoms with van der Waals surface area (Å²) in [6.45, 7) is 2.52. The van der Waals surface area contributed by atoms with Crippen LogP contribution in [0, 0.1) is 5.92 Å². The molecule has 1 aliphatic rings. The number of hydrogen-bond acceptors (Lipinski definition) is 4. The first kappa shape index (κ1) is 11.6. The Labute approximate surface area is 96.1 Å². The molecule has 1 heterocycles. The average molecular weight is 224 g/mol. The highest BCUT2D eigenvalue weighted by molar-refractivity contribution is 4.99. The van der Waals surface area contributed by atoms with E-state index in [1.807, 2.05) is 0 Å². The van der Waals surface area contributed by atoms with E-state index in [-0.39, 0.29) is 6.61 Å². The van der Waals surface area contributed by atoms with Gasteiger partial charge in [-0.05, 0) is 38.0 Å². The number of rotatable bonds is 5. The van der Waals surface area contributed by atoms with Crippen LogP contribution in [0.25, 0.3) is 0 Å². The van der Waals surface area contributed by atoms with Gasteiger partial charge >= 0.3 is 0 Å². The van der Waals surface area contributed by atoms with Gasteiger partial charge in [-0.2, -0.15) is 4.98 Å². The lowest BCUT2D eigenvalue weighted by Crippen LogP contribution is -1.96. The summed E-state index contributed by atoms with van der Waals surface area (Å²) in [5, 5.41) is 12.7. The van der Waals surface area contributed by atoms with Gasteiger partial charge in [0.05, 0.1) is 0 Å². The Hall–Kier alpha value is -0.900. The highest BCUT2D eigenvalue weighted by Gasteiger charge is 2.26. The predicted octanol–water partition coefficient (Wildman–Crippen LogP) is 2.29. The van der Waals surface area contributed by atoms with Gasteiger partial charge in [0.1, 0.15) is 0 Å². The third kappa shape index (κ3) is 2.82. The summed E-state index contributed by atoms with van der Waals surface area (Å²) in [6, 6.07) is 0. The smallest absolute Gasteiger partial charge is 0.226 e. The molecule has 1 aliphatic carbocycles. The minimum Gasteiger partial charge on any atom is -0.396 e. The molecule has 1 N–H and O–H groups in total. The van der Waals surface area contributed by atoms with Crippen molar-refractivity contribution in [3.63, 3.8) is 0 Å². The Morgan fingerprint density at radius 3 is 2.94 bits per heavy atom. The molecule has 4 nitrogen and oxygen atoms in total. The van der Waals surface area contributed by atoms with Crippen LogP contribution < -0.4 is 0 Å². The molecule has 0 amide bonds. The zero-order valence-corrected chi connectivity index (χ0v) is 9.85. The van der Waals surface area contributed by atoms with Crippen LogP contribution in [0.3, 0.4) is 0 Å². The fraction of sp³-hybridized carbons (Fsp3) is 0.833. The third-order valence-corrected chi connectivity index (χ3v) is 3.34. The summed E-state index contributed by atoms with van der Waals surface area (Å²) >= 11 is 0. The second-order valence-electron chi connectivity index (χ2n) is 4.84. The van der Waals surface area contributed by atoms with Crippen LogP contribution in [0.15, 0.2) is 4.52 Å². The van der Waals surface area contributed by atoms with Crippen LogP contribution in [-0.2, 0) is 6.42 Å². The zero-order valence-electron chi connectivity index (χ0n) is 9.85. The molecule has 0 aliphatic heterocycles. The van der Waals surface area contributed by atoms with E-state index in [0.717, 1.165) is 36.9 Å². The molecule has 2 atom stereocenters. The molecule has 4 heteroatoms. The van der Waals surface area contributed by atoms with Gasteiger partial charge in [-0.1, -0.05) is 12.1 Å². The van der Waals surface area contributed by atoms with Gasteiger partial charge < -0.3 is 9.63 Å². The van der Waals surface area contributed by atoms with Crippen molar-refractivity contribution in [1.82, 2.24) is 10.1 Å². The Balaban J connectivity index is 1.87. The lowest BCUT2D eigenvalue weighted by Gasteiger charge is -2.01. The minimum absolute atomic E-state index is 0.237. The highest BCUT2D eigenvalue weighted by Crippen LogP contribution is 2.36. The maximum atomic E-state index is 8.68. The predicted molar refractivity (Wildman–Crippen MR) is 60.1 cm³/mol. The van der Waals surface area contributed by atoms with Gasteiger partial charge in [0.25, 0.3) is 0 Å². The molecule has 1 aromatic heterocycles. The first-order chi connectivity index (χ1) is 7.79. The first-order valence-corrected chi connectivity index (χ1v) is 6.23. The van der Waals surface area contributed by atoms with Crippen molar-refractivity contribution in [3.8, 4) is 0 Å². The van der Waals surface area contributed by atoms with E-state index < -0.39 is 0 Å². The van der Waals surface area contributed by atoms with E-state index in [9.17, 15) is 0 Å². The average Bonchev–Trinajstić information content (AvgIpc) is 2.87. The maximum absolute atomic E-state index is 8.68. The summed E-state index contributed by atoms with van der Waals surface area (Å²) < 4.78 is 5.22. The Morgan fingerprint density at radius 2 is 2.25 bits per heavy atom. The van der Waals surface area contributed by atoms with Crippen molar-refractivity contribution in [3.05, 3.63) is 11.7 Å². The van der Waals surface area contributed by atoms with Crippen molar-refractivity contribution in [2.45, 2.75) is 51.4 Å². The molecule has 0 spiro atoms. The van der Waals surface area contributed by atoms with Crippen LogP contribution in [-0.4, -0.2) is 21.9 Å². The third-order valence-electron chi connectivity index (χ3n) is 3.34. The fourth-order valence-corrected chi connectivity index (χ4v) is 2.37. The van der Waals surface area contributed by atoms with Crippen LogP contribution in [0.1, 0.15) is 56.7 Å². The molecule has 2 unspecified atom stereocenters. The largest absolute Gasteiger partial charge is 0.396 e. The molecule has 1 fully saturated rings. The van der Waals surface area contributed by atoms with Crippen molar-refractivity contribution < 1.29 is 9.63 Å². The van der Waals surface area contributed by atoms with E-state index in [0.29, 0.717) is 5.92 Å². The lowest BCUT2D eigenvalue weighted by molar-refractivity contribution is 0.280. The van der Waals surface area contributed by atoms with Crippen molar-refractivity contribution in [2.75, 3.05) is 6.61 Å². The quantitative estimate of drug-likeness (QED) is 0.779. The number of unbranched alkanes of at least 4 members (excludes halogenated alkanes) is 1. The number of aryl methyl sites for hydroxylation is 1. The lowest BCUT2D eigenvalue weighted by atomic mass is 10.1. The molecule has 2 rings (SSSR count). The molecule has 90 valence electrons. The normalized spacial score (nSPS) is 25.1. The van der Waals surface area contributed by atoms with Gasteiger partial charge in [-0.3, -0.25) is 0 Å². The topological polar surface area (TPSA) is 59.2 Å². The van der Waals surface area contributed by atoms with Crippen molar-refractivity contribution >= 4 is 0 Å². The number of aliphatic hydroxyl groups excluding tert-OH is 1. The molecule has 0 aromatic carbocycles. The molecule has 1 saturated carbocycles. The number of hydrogen-bond donors (Lipinski definition) is 1. The molecule has 1 aromatic rings. The monoisotopic (exact) mass is 224 g/mol. The summed E-state index contributed by atoms with van der Waals surface area (Å²) in [5.41, 5.74) is 0. The van der Waals surface area contributed by atoms with Gasteiger partial charge in [0.2, 0.25) is 5.89 Å². The standard InChI is InChI=1S/C12H20N2O2/c1-9-5-6-10(8-9)12-13-11(16-14-12)4-2-3-7-15/h9-10,15H,2-8H2,1H3. The van der Waals surface area contributed by atoms with E-state index in [1.54, 1.807) is 0 Å². The first-order valence-electron chi connectivity index (χ1n) is 6.23. The zero-order chi connectivity index (χ0) is 11.4. The number of aromatic nitrogens is 2. The molecule has 16 heavy (non-hydrogen) atoms. The van der Waals surface area contributed by atoms with E-state index >= 15 is 0 Å². The molecule has 0 radical (unpaired) electrons. The summed E-state index contributed by atoms with van der Waals surface area (Å²) in [6.07, 6.45) is 6.17. The summed E-state index contributed by atoms with van der Waals surface area (Å²) in [5.74, 6) is 2.91. The Morgan fingerprint density at radius 1 is 1.38 bits per heavy atom. The number of aliphatic hydroxyl groups is 1. The minimum atomic E-state index is 0.237. The maximum Gasteiger partial charge on any atom is 0.226 e. The van der Waals surface area contributed by atoms with Gasteiger partial charge in [0, 0.05) is 18.9 Å². The SMILES string of the molecule is CC1CCC(c2noc(CCCCO)n2)C1. The van der Waals surface area contributed by atoms with Gasteiger partial charge in [-0.25, -0.2) is 0 Å². The summed E-state index contributed by atoms with van der Waals surface area (Å²) in [7, 11) is 0. The second kappa shape index (κ2) is 5.43. The molecular formula is C12H20N2O2. The van der Waals surface area contributed by atoms with E-state index in [4.69, 9.17) is 9.63 Å². The Bertz CT molecular complexity index is 325. The van der Waals surface area contributed by atoms with Crippen LogP contribution in [0.2, 0.25) is 0 Å². The fourth-order valence-electron chi connectivity index (χ4n) is 2.37. The van der Waals surface area contributed by atoms with Crippen molar-refractivity contribution in [2.24, 2.45) is 5.92 Å². The highest BCUT2D eigenvalue weighted by atomic mass is 16.5. The second-order valence-corrected chi connectivity index (χ2v) is 4.84. The van der Waals surface area contributed by atoms with Crippen LogP contribution >= 0.6 is 0 Å². The summed E-state index contributed by atoms with van der Waals surface area (Å²) in [4.78, 5) is 4.44. The van der Waals surface area contributed by atoms with Crippen LogP contribution in [0.4, 0.5) is 0 Å². The van der Waals surface area contributed by atoms with Gasteiger partial charge in [-0.15, -0.1) is 0 Å². The Kier molecular flexibility index (Phi) is 3.93. The van der Waals surface area contributed by atoms with Gasteiger partial charge in [0.15, 0.2) is 5.82 Å². The molecular weight excluding hydrogens is 204 g/mol. The molecule has 0 bridgehead atoms. The van der Waals surface area contributed by atoms with Crippen LogP contribution in [0.5, 0.6) is 0 Å². The number of nitrogens with zero attached hydrogens (tertiary/aromatic N) is 2. The molecule has 0 saturated heterocycles. The van der Waals surface area contributed by atoms with E-state index in [2.05, 4.69) is 17.1 Å². The van der Waals surface area contributed by atoms with E-state index in [1.165, 1.54) is 19.3 Å². The van der Waals surface area contributed by atoms with Crippen molar-refractivity contribution in [1.29, 1.82) is 0 Å².